The van der Waals surface area contributed by atoms with Gasteiger partial charge in [0.05, 0.1) is 6.26 Å². The zero-order valence-corrected chi connectivity index (χ0v) is 15.7. The molecule has 0 spiro atoms. The molecule has 0 aromatic carbocycles. The van der Waals surface area contributed by atoms with E-state index in [1.807, 2.05) is 12.1 Å². The Labute approximate surface area is 145 Å². The highest BCUT2D eigenvalue weighted by Gasteiger charge is 2.00. The van der Waals surface area contributed by atoms with Gasteiger partial charge >= 0.3 is 0 Å². The molecule has 1 aromatic rings. The largest absolute Gasteiger partial charge is 0.467 e. The van der Waals surface area contributed by atoms with Crippen LogP contribution >= 0.6 is 24.0 Å². The molecule has 0 aliphatic carbocycles. The normalized spacial score (nSPS) is 11.3. The van der Waals surface area contributed by atoms with Crippen LogP contribution in [-0.2, 0) is 6.54 Å². The smallest absolute Gasteiger partial charge is 0.191 e. The fraction of sp³-hybridized carbons (Fsp3) is 0.667. The van der Waals surface area contributed by atoms with E-state index in [4.69, 9.17) is 4.42 Å². The molecule has 1 heterocycles. The number of unbranched alkanes of at least 4 members (excludes halogenated alkanes) is 1. The molecule has 0 amide bonds. The molecule has 0 bridgehead atoms. The Bertz CT molecular complexity index is 368. The van der Waals surface area contributed by atoms with Gasteiger partial charge in [0.2, 0.25) is 0 Å². The molecule has 5 nitrogen and oxygen atoms in total. The number of aliphatic imine (C=N–C) groups is 1. The Balaban J connectivity index is 0.00000400. The predicted molar refractivity (Wildman–Crippen MR) is 99.3 cm³/mol. The number of nitrogens with one attached hydrogen (secondary N) is 2. The van der Waals surface area contributed by atoms with Crippen LogP contribution in [0, 0.1) is 0 Å². The number of furan rings is 1. The summed E-state index contributed by atoms with van der Waals surface area (Å²) >= 11 is 0. The molecule has 0 aliphatic heterocycles. The quantitative estimate of drug-likeness (QED) is 0.375. The van der Waals surface area contributed by atoms with Gasteiger partial charge in [-0.15, -0.1) is 24.0 Å². The summed E-state index contributed by atoms with van der Waals surface area (Å²) in [6.45, 7) is 8.77. The summed E-state index contributed by atoms with van der Waals surface area (Å²) in [5.74, 6) is 1.72. The molecule has 0 atom stereocenters. The maximum atomic E-state index is 5.28. The average molecular weight is 408 g/mol. The minimum atomic E-state index is 0. The van der Waals surface area contributed by atoms with Gasteiger partial charge in [-0.05, 0) is 39.1 Å². The highest BCUT2D eigenvalue weighted by Crippen LogP contribution is 2.00. The third kappa shape index (κ3) is 9.73. The number of hydrogen-bond acceptors (Lipinski definition) is 3. The Morgan fingerprint density at radius 1 is 1.29 bits per heavy atom. The topological polar surface area (TPSA) is 52.8 Å². The van der Waals surface area contributed by atoms with Crippen molar-refractivity contribution in [2.24, 2.45) is 4.99 Å². The van der Waals surface area contributed by atoms with Crippen LogP contribution in [0.15, 0.2) is 27.8 Å². The fourth-order valence-corrected chi connectivity index (χ4v) is 1.81. The van der Waals surface area contributed by atoms with Crippen molar-refractivity contribution < 1.29 is 4.42 Å². The molecular weight excluding hydrogens is 379 g/mol. The van der Waals surface area contributed by atoms with E-state index in [2.05, 4.69) is 41.4 Å². The van der Waals surface area contributed by atoms with Crippen LogP contribution in [0.1, 0.15) is 32.4 Å². The van der Waals surface area contributed by atoms with Gasteiger partial charge in [-0.2, -0.15) is 0 Å². The van der Waals surface area contributed by atoms with Gasteiger partial charge in [0.15, 0.2) is 5.96 Å². The summed E-state index contributed by atoms with van der Waals surface area (Å²) < 4.78 is 5.28. The van der Waals surface area contributed by atoms with Crippen LogP contribution in [-0.4, -0.2) is 44.1 Å². The minimum Gasteiger partial charge on any atom is -0.467 e. The molecule has 2 N–H and O–H groups in total. The summed E-state index contributed by atoms with van der Waals surface area (Å²) in [5, 5.41) is 6.59. The first-order valence-corrected chi connectivity index (χ1v) is 7.49. The van der Waals surface area contributed by atoms with E-state index in [9.17, 15) is 0 Å². The van der Waals surface area contributed by atoms with Gasteiger partial charge in [0.25, 0.3) is 0 Å². The van der Waals surface area contributed by atoms with Gasteiger partial charge in [0.1, 0.15) is 12.3 Å². The first-order valence-electron chi connectivity index (χ1n) is 7.49. The van der Waals surface area contributed by atoms with Crippen molar-refractivity contribution in [1.82, 2.24) is 15.5 Å². The fourth-order valence-electron chi connectivity index (χ4n) is 1.81. The van der Waals surface area contributed by atoms with E-state index in [1.54, 1.807) is 6.26 Å². The second kappa shape index (κ2) is 12.9. The van der Waals surface area contributed by atoms with E-state index < -0.39 is 0 Å². The van der Waals surface area contributed by atoms with Gasteiger partial charge in [-0.3, -0.25) is 0 Å². The zero-order chi connectivity index (χ0) is 14.6. The molecule has 0 saturated heterocycles. The number of nitrogens with zero attached hydrogens (tertiary/aromatic N) is 2. The Kier molecular flexibility index (Phi) is 12.5. The van der Waals surface area contributed by atoms with Crippen molar-refractivity contribution >= 4 is 29.9 Å². The van der Waals surface area contributed by atoms with Crippen molar-refractivity contribution in [1.29, 1.82) is 0 Å². The maximum Gasteiger partial charge on any atom is 0.191 e. The van der Waals surface area contributed by atoms with Crippen molar-refractivity contribution in [2.45, 2.75) is 33.2 Å². The molecule has 0 fully saturated rings. The summed E-state index contributed by atoms with van der Waals surface area (Å²) in [6, 6.07) is 3.82. The SMILES string of the molecule is CCCCN(C)CCNC(=NCc1ccco1)NCC.I. The lowest BCUT2D eigenvalue weighted by atomic mass is 10.3. The third-order valence-electron chi connectivity index (χ3n) is 3.00. The van der Waals surface area contributed by atoms with Crippen molar-refractivity contribution in [2.75, 3.05) is 33.2 Å². The minimum absolute atomic E-state index is 0. The first-order chi connectivity index (χ1) is 9.76. The summed E-state index contributed by atoms with van der Waals surface area (Å²) in [4.78, 5) is 6.84. The number of guanidine groups is 1. The van der Waals surface area contributed by atoms with Crippen LogP contribution < -0.4 is 10.6 Å². The predicted octanol–water partition coefficient (Wildman–Crippen LogP) is 2.68. The second-order valence-corrected chi connectivity index (χ2v) is 4.86. The molecule has 6 heteroatoms. The highest BCUT2D eigenvalue weighted by molar-refractivity contribution is 14.0. The number of halogens is 1. The van der Waals surface area contributed by atoms with Crippen molar-refractivity contribution in [3.63, 3.8) is 0 Å². The van der Waals surface area contributed by atoms with Gasteiger partial charge in [-0.1, -0.05) is 13.3 Å². The Morgan fingerprint density at radius 2 is 2.10 bits per heavy atom. The first kappa shape index (κ1) is 20.2. The van der Waals surface area contributed by atoms with Gasteiger partial charge < -0.3 is 20.0 Å². The van der Waals surface area contributed by atoms with Crippen LogP contribution in [0.5, 0.6) is 0 Å². The molecule has 0 radical (unpaired) electrons. The van der Waals surface area contributed by atoms with E-state index >= 15 is 0 Å². The summed E-state index contributed by atoms with van der Waals surface area (Å²) in [5.41, 5.74) is 0. The second-order valence-electron chi connectivity index (χ2n) is 4.86. The van der Waals surface area contributed by atoms with E-state index in [0.717, 1.165) is 37.9 Å². The Hall–Kier alpha value is -0.760. The zero-order valence-electron chi connectivity index (χ0n) is 13.4. The lowest BCUT2D eigenvalue weighted by molar-refractivity contribution is 0.332. The summed E-state index contributed by atoms with van der Waals surface area (Å²) in [7, 11) is 2.16. The summed E-state index contributed by atoms with van der Waals surface area (Å²) in [6.07, 6.45) is 4.17. The van der Waals surface area contributed by atoms with Gasteiger partial charge in [-0.25, -0.2) is 4.99 Å². The van der Waals surface area contributed by atoms with Crippen molar-refractivity contribution in [3.05, 3.63) is 24.2 Å². The van der Waals surface area contributed by atoms with Crippen LogP contribution in [0.2, 0.25) is 0 Å². The van der Waals surface area contributed by atoms with E-state index in [1.165, 1.54) is 12.8 Å². The molecule has 0 aliphatic rings. The molecule has 1 rings (SSSR count). The molecule has 0 unspecified atom stereocenters. The number of hydrogen-bond donors (Lipinski definition) is 2. The molecular formula is C15H29IN4O. The monoisotopic (exact) mass is 408 g/mol. The van der Waals surface area contributed by atoms with Crippen molar-refractivity contribution in [3.8, 4) is 0 Å². The standard InChI is InChI=1S/C15H28N4O.HI/c1-4-6-10-19(3)11-9-17-15(16-5-2)18-13-14-8-7-12-20-14;/h7-8,12H,4-6,9-11,13H2,1-3H3,(H2,16,17,18);1H. The molecule has 1 aromatic heterocycles. The Morgan fingerprint density at radius 3 is 2.71 bits per heavy atom. The molecule has 0 saturated carbocycles. The van der Waals surface area contributed by atoms with Gasteiger partial charge in [0, 0.05) is 19.6 Å². The maximum absolute atomic E-state index is 5.28. The molecule has 122 valence electrons. The number of rotatable bonds is 9. The number of likely N-dealkylation sites (N-methyl/N-ethyl adjacent to an activating group) is 1. The van der Waals surface area contributed by atoms with Crippen LogP contribution in [0.4, 0.5) is 0 Å². The lowest BCUT2D eigenvalue weighted by Crippen LogP contribution is -2.41. The highest BCUT2D eigenvalue weighted by atomic mass is 127. The lowest BCUT2D eigenvalue weighted by Gasteiger charge is -2.17. The molecule has 21 heavy (non-hydrogen) atoms. The van der Waals surface area contributed by atoms with Crippen LogP contribution in [0.25, 0.3) is 0 Å². The van der Waals surface area contributed by atoms with E-state index in [-0.39, 0.29) is 24.0 Å². The van der Waals surface area contributed by atoms with Crippen LogP contribution in [0.3, 0.4) is 0 Å². The average Bonchev–Trinajstić information content (AvgIpc) is 2.95. The third-order valence-corrected chi connectivity index (χ3v) is 3.00. The van der Waals surface area contributed by atoms with E-state index in [0.29, 0.717) is 6.54 Å².